The molecule has 4 N–H and O–H groups in total. The molecule has 94 valence electrons. The van der Waals surface area contributed by atoms with Crippen LogP contribution in [0.25, 0.3) is 0 Å². The van der Waals surface area contributed by atoms with E-state index in [1.807, 2.05) is 0 Å². The topological polar surface area (TPSA) is 78.3 Å². The third-order valence-electron chi connectivity index (χ3n) is 1.91. The Hall–Kier alpha value is 0.260. The first-order valence-corrected chi connectivity index (χ1v) is 4.77. The van der Waals surface area contributed by atoms with Gasteiger partial charge in [-0.2, -0.15) is 0 Å². The van der Waals surface area contributed by atoms with Gasteiger partial charge in [0, 0.05) is 0 Å². The summed E-state index contributed by atoms with van der Waals surface area (Å²) >= 11 is 5.60. The van der Waals surface area contributed by atoms with E-state index in [-0.39, 0.29) is 30.7 Å². The maximum Gasteiger partial charge on any atom is 0.327 e. The molecule has 15 heavy (non-hydrogen) atoms. The average molecular weight is 282 g/mol. The summed E-state index contributed by atoms with van der Waals surface area (Å²) in [6, 6.07) is 0. The maximum atomic E-state index is 11.2. The molecule has 1 unspecified atom stereocenters. The Labute approximate surface area is 108 Å². The molecular weight excluding hydrogens is 262 g/mol. The lowest BCUT2D eigenvalue weighted by atomic mass is 9.96. The molecule has 0 heterocycles. The number of hydrogen-bond donors (Lipinski definition) is 2. The van der Waals surface area contributed by atoms with Gasteiger partial charge in [-0.15, -0.1) is 36.4 Å². The highest BCUT2D eigenvalue weighted by Crippen LogP contribution is 2.14. The van der Waals surface area contributed by atoms with Crippen LogP contribution >= 0.6 is 36.4 Å². The summed E-state index contributed by atoms with van der Waals surface area (Å²) in [5.41, 5.74) is 10.0. The normalized spacial score (nSPS) is 13.1. The molecule has 1 atom stereocenters. The minimum absolute atomic E-state index is 0. The number of hydrogen-bond acceptors (Lipinski definition) is 4. The minimum atomic E-state index is -1.05. The van der Waals surface area contributed by atoms with Crippen molar-refractivity contribution >= 4 is 42.4 Å². The molecule has 0 amide bonds. The van der Waals surface area contributed by atoms with Gasteiger partial charge in [0.1, 0.15) is 5.54 Å². The van der Waals surface area contributed by atoms with Gasteiger partial charge < -0.3 is 16.2 Å². The first-order chi connectivity index (χ1) is 6.10. The molecule has 0 aliphatic rings. The molecule has 0 rings (SSSR count). The zero-order valence-corrected chi connectivity index (χ0v) is 11.1. The van der Waals surface area contributed by atoms with Gasteiger partial charge in [0.2, 0.25) is 0 Å². The summed E-state index contributed by atoms with van der Waals surface area (Å²) in [6.07, 6.45) is 2.14. The summed E-state index contributed by atoms with van der Waals surface area (Å²) in [6.45, 7) is 0.597. The molecule has 0 spiro atoms. The number of carbonyl (C=O) groups excluding carboxylic acids is 1. The van der Waals surface area contributed by atoms with E-state index in [4.69, 9.17) is 23.1 Å². The fourth-order valence-corrected chi connectivity index (χ4v) is 1.25. The average Bonchev–Trinajstić information content (AvgIpc) is 2.16. The molecule has 0 aromatic heterocycles. The van der Waals surface area contributed by atoms with Crippen molar-refractivity contribution in [2.45, 2.75) is 24.8 Å². The van der Waals surface area contributed by atoms with Gasteiger partial charge in [0.15, 0.2) is 0 Å². The summed E-state index contributed by atoms with van der Waals surface area (Å²) in [5, 5.41) is 0. The highest BCUT2D eigenvalue weighted by molar-refractivity contribution is 6.20. The Morgan fingerprint density at radius 2 is 1.93 bits per heavy atom. The lowest BCUT2D eigenvalue weighted by Gasteiger charge is -2.23. The van der Waals surface area contributed by atoms with Gasteiger partial charge in [-0.1, -0.05) is 0 Å². The molecule has 7 heteroatoms. The Bertz CT molecular complexity index is 172. The van der Waals surface area contributed by atoms with E-state index in [9.17, 15) is 4.79 Å². The van der Waals surface area contributed by atoms with E-state index in [0.29, 0.717) is 13.0 Å². The van der Waals surface area contributed by atoms with E-state index in [1.165, 1.54) is 7.11 Å². The van der Waals surface area contributed by atoms with Gasteiger partial charge in [-0.3, -0.25) is 4.79 Å². The highest BCUT2D eigenvalue weighted by Gasteiger charge is 2.33. The lowest BCUT2D eigenvalue weighted by Crippen LogP contribution is -2.50. The van der Waals surface area contributed by atoms with Crippen LogP contribution in [0.2, 0.25) is 0 Å². The summed E-state index contributed by atoms with van der Waals surface area (Å²) in [4.78, 5) is 11.2. The van der Waals surface area contributed by atoms with Crippen molar-refractivity contribution in [3.05, 3.63) is 0 Å². The molecule has 0 fully saturated rings. The third-order valence-corrected chi connectivity index (χ3v) is 2.38. The molecule has 0 aliphatic heterocycles. The fraction of sp³-hybridized carbons (Fsp3) is 0.875. The van der Waals surface area contributed by atoms with Crippen LogP contribution in [0.3, 0.4) is 0 Å². The Morgan fingerprint density at radius 3 is 2.27 bits per heavy atom. The van der Waals surface area contributed by atoms with Crippen molar-refractivity contribution in [3.8, 4) is 0 Å². The van der Waals surface area contributed by atoms with Crippen LogP contribution in [0, 0.1) is 0 Å². The molecule has 0 aromatic carbocycles. The molecule has 0 saturated heterocycles. The number of unbranched alkanes of at least 4 members (excludes halogenated alkanes) is 1. The summed E-state index contributed by atoms with van der Waals surface area (Å²) in [5.74, 6) is -0.385. The monoisotopic (exact) mass is 280 g/mol. The van der Waals surface area contributed by atoms with Crippen LogP contribution in [-0.4, -0.2) is 31.0 Å². The van der Waals surface area contributed by atoms with Crippen molar-refractivity contribution in [3.63, 3.8) is 0 Å². The van der Waals surface area contributed by atoms with E-state index in [2.05, 4.69) is 4.74 Å². The van der Waals surface area contributed by atoms with Crippen LogP contribution in [0.5, 0.6) is 0 Å². The quantitative estimate of drug-likeness (QED) is 0.434. The molecule has 0 radical (unpaired) electrons. The molecule has 0 aliphatic carbocycles. The Kier molecular flexibility index (Phi) is 14.8. The fourth-order valence-electron chi connectivity index (χ4n) is 1.01. The smallest absolute Gasteiger partial charge is 0.327 e. The van der Waals surface area contributed by atoms with Crippen LogP contribution in [-0.2, 0) is 9.53 Å². The number of nitrogens with two attached hydrogens (primary N) is 2. The standard InChI is InChI=1S/C8H17ClN2O2.2ClH/c1-13-7(12)8(11,6-9)4-2-3-5-10;;/h2-6,10-11H2,1H3;2*1H. The van der Waals surface area contributed by atoms with Crippen molar-refractivity contribution in [1.29, 1.82) is 0 Å². The summed E-state index contributed by atoms with van der Waals surface area (Å²) in [7, 11) is 1.30. The first kappa shape index (κ1) is 20.6. The van der Waals surface area contributed by atoms with Gasteiger partial charge in [0.25, 0.3) is 0 Å². The molecule has 0 bridgehead atoms. The largest absolute Gasteiger partial charge is 0.468 e. The lowest BCUT2D eigenvalue weighted by molar-refractivity contribution is -0.146. The number of carbonyl (C=O) groups is 1. The van der Waals surface area contributed by atoms with Crippen molar-refractivity contribution < 1.29 is 9.53 Å². The van der Waals surface area contributed by atoms with Gasteiger partial charge in [0.05, 0.1) is 13.0 Å². The van der Waals surface area contributed by atoms with Crippen LogP contribution < -0.4 is 11.5 Å². The zero-order chi connectivity index (χ0) is 10.3. The molecule has 0 saturated carbocycles. The molecule has 4 nitrogen and oxygen atoms in total. The summed E-state index contributed by atoms with van der Waals surface area (Å²) < 4.78 is 4.56. The van der Waals surface area contributed by atoms with Crippen LogP contribution in [0.4, 0.5) is 0 Å². The number of ether oxygens (including phenoxy) is 1. The van der Waals surface area contributed by atoms with Crippen LogP contribution in [0.1, 0.15) is 19.3 Å². The Morgan fingerprint density at radius 1 is 1.40 bits per heavy atom. The number of methoxy groups -OCH3 is 1. The van der Waals surface area contributed by atoms with Gasteiger partial charge in [-0.25, -0.2) is 0 Å². The number of esters is 1. The predicted molar refractivity (Wildman–Crippen MR) is 67.1 cm³/mol. The van der Waals surface area contributed by atoms with Gasteiger partial charge in [-0.05, 0) is 25.8 Å². The van der Waals surface area contributed by atoms with E-state index < -0.39 is 11.5 Å². The molecule has 0 aromatic rings. The van der Waals surface area contributed by atoms with E-state index in [1.54, 1.807) is 0 Å². The number of rotatable bonds is 6. The Balaban J connectivity index is -0.000000720. The van der Waals surface area contributed by atoms with E-state index in [0.717, 1.165) is 12.8 Å². The molecular formula is C8H19Cl3N2O2. The van der Waals surface area contributed by atoms with Crippen LogP contribution in [0.15, 0.2) is 0 Å². The van der Waals surface area contributed by atoms with Crippen molar-refractivity contribution in [1.82, 2.24) is 0 Å². The first-order valence-electron chi connectivity index (χ1n) is 4.24. The maximum absolute atomic E-state index is 11.2. The number of halogens is 3. The predicted octanol–water partition coefficient (Wildman–Crippen LogP) is 1.07. The van der Waals surface area contributed by atoms with Gasteiger partial charge >= 0.3 is 5.97 Å². The second kappa shape index (κ2) is 10.8. The SMILES string of the molecule is COC(=O)C(N)(CCl)CCCCN.Cl.Cl. The second-order valence-corrected chi connectivity index (χ2v) is 3.29. The van der Waals surface area contributed by atoms with E-state index >= 15 is 0 Å². The highest BCUT2D eigenvalue weighted by atomic mass is 35.5. The number of alkyl halides is 1. The van der Waals surface area contributed by atoms with Crippen molar-refractivity contribution in [2.75, 3.05) is 19.5 Å². The minimum Gasteiger partial charge on any atom is -0.468 e. The third kappa shape index (κ3) is 7.19. The second-order valence-electron chi connectivity index (χ2n) is 3.03. The van der Waals surface area contributed by atoms with Crippen molar-refractivity contribution in [2.24, 2.45) is 11.5 Å². The zero-order valence-electron chi connectivity index (χ0n) is 8.70.